The van der Waals surface area contributed by atoms with Gasteiger partial charge in [-0.3, -0.25) is 24.0 Å². The van der Waals surface area contributed by atoms with Crippen molar-refractivity contribution in [3.05, 3.63) is 35.9 Å². The quantitative estimate of drug-likeness (QED) is 0.206. The monoisotopic (exact) mass is 754 g/mol. The predicted molar refractivity (Wildman–Crippen MR) is 213 cm³/mol. The van der Waals surface area contributed by atoms with Gasteiger partial charge in [0.15, 0.2) is 0 Å². The van der Waals surface area contributed by atoms with Crippen LogP contribution in [0.25, 0.3) is 0 Å². The summed E-state index contributed by atoms with van der Waals surface area (Å²) >= 11 is 0. The lowest BCUT2D eigenvalue weighted by Crippen LogP contribution is -2.56. The molecule has 13 nitrogen and oxygen atoms in total. The summed E-state index contributed by atoms with van der Waals surface area (Å²) in [5.41, 5.74) is 0.643. The molecule has 0 aliphatic carbocycles. The molecule has 2 aliphatic heterocycles. The first-order chi connectivity index (χ1) is 25.2. The van der Waals surface area contributed by atoms with Gasteiger partial charge in [-0.25, -0.2) is 0 Å². The molecular weight excluding hydrogens is 678 g/mol. The van der Waals surface area contributed by atoms with Crippen LogP contribution >= 0.6 is 0 Å². The zero-order chi connectivity index (χ0) is 40.1. The summed E-state index contributed by atoms with van der Waals surface area (Å²) in [5.74, 6) is -2.16. The van der Waals surface area contributed by atoms with E-state index in [1.165, 1.54) is 33.3 Å². The van der Waals surface area contributed by atoms with E-state index < -0.39 is 35.7 Å². The van der Waals surface area contributed by atoms with Gasteiger partial charge < -0.3 is 40.0 Å². The van der Waals surface area contributed by atoms with E-state index in [0.717, 1.165) is 25.8 Å². The molecule has 2 heterocycles. The van der Waals surface area contributed by atoms with Gasteiger partial charge in [-0.05, 0) is 52.0 Å². The Morgan fingerprint density at radius 3 is 2.13 bits per heavy atom. The Kier molecular flexibility index (Phi) is 22.1. The van der Waals surface area contributed by atoms with Crippen molar-refractivity contribution >= 4 is 29.6 Å². The molecule has 0 saturated carbocycles. The molecule has 13 heteroatoms. The maximum atomic E-state index is 13.8. The van der Waals surface area contributed by atoms with Crippen molar-refractivity contribution in [1.82, 2.24) is 25.8 Å². The third kappa shape index (κ3) is 15.0. The fourth-order valence-corrected chi connectivity index (χ4v) is 6.82. The zero-order valence-corrected chi connectivity index (χ0v) is 34.3. The number of ether oxygens (including phenoxy) is 3. The molecule has 0 radical (unpaired) electrons. The highest BCUT2D eigenvalue weighted by Gasteiger charge is 2.42. The van der Waals surface area contributed by atoms with Gasteiger partial charge in [0.2, 0.25) is 23.6 Å². The summed E-state index contributed by atoms with van der Waals surface area (Å²) in [6, 6.07) is 9.51. The van der Waals surface area contributed by atoms with Crippen LogP contribution in [0.1, 0.15) is 96.3 Å². The number of carbonyl (C=O) groups excluding carboxylic acids is 5. The molecule has 2 saturated heterocycles. The summed E-state index contributed by atoms with van der Waals surface area (Å²) in [6.07, 6.45) is 3.90. The van der Waals surface area contributed by atoms with Crippen molar-refractivity contribution in [2.75, 3.05) is 54.6 Å². The van der Waals surface area contributed by atoms with Gasteiger partial charge in [0.05, 0.1) is 55.8 Å². The third-order valence-corrected chi connectivity index (χ3v) is 10.1. The van der Waals surface area contributed by atoms with E-state index >= 15 is 0 Å². The van der Waals surface area contributed by atoms with Crippen molar-refractivity contribution in [1.29, 1.82) is 0 Å². The highest BCUT2D eigenvalue weighted by molar-refractivity contribution is 5.90. The SMILES string of the molecule is CCC.CC[C@H](C)[C@@H]([C@@H](CC(=O)N1CCC[C@H]1[C@H](OC)[C@@H](C)C(=O)NCC(=O)OC)OC)N(C)C(=O)CNC(=O)[C@]1(C)CCCN1.Cc1ccccc1.[HH].[HH].[HH]. The van der Waals surface area contributed by atoms with Gasteiger partial charge in [-0.15, -0.1) is 0 Å². The standard InChI is InChI=1S/C30H53N5O8.C7H8.C3H8.3H2/c1-9-19(2)26(34(5)24(37)17-32-29(40)30(4)13-11-14-33-30)22(41-6)16-23(36)35-15-10-12-21(35)27(43-8)20(3)28(39)31-18-25(38)42-7;1-7-5-3-2-4-6-7;1-3-2;;;/h19-22,26-27,33H,9-18H2,1-8H3,(H,31,39)(H,32,40);2-6H,1H3;3H2,1-2H3;3*1H/t19-,20+,21-,22+,26-,27+,30-;;;;;/m0...../s1. The smallest absolute Gasteiger partial charge is 0.325 e. The summed E-state index contributed by atoms with van der Waals surface area (Å²) in [7, 11) is 5.98. The third-order valence-electron chi connectivity index (χ3n) is 10.1. The number of aryl methyl sites for hydroxylation is 1. The maximum absolute atomic E-state index is 13.8. The molecule has 7 atom stereocenters. The van der Waals surface area contributed by atoms with Crippen LogP contribution in [-0.4, -0.2) is 124 Å². The molecule has 0 unspecified atom stereocenters. The summed E-state index contributed by atoms with van der Waals surface area (Å²) in [6.45, 7) is 14.8. The zero-order valence-electron chi connectivity index (χ0n) is 34.3. The molecule has 2 fully saturated rings. The van der Waals surface area contributed by atoms with E-state index in [9.17, 15) is 24.0 Å². The first-order valence-corrected chi connectivity index (χ1v) is 19.2. The average molecular weight is 754 g/mol. The van der Waals surface area contributed by atoms with Gasteiger partial charge in [0, 0.05) is 32.1 Å². The number of nitrogens with zero attached hydrogens (tertiary/aromatic N) is 2. The lowest BCUT2D eigenvalue weighted by atomic mass is 9.90. The van der Waals surface area contributed by atoms with E-state index in [2.05, 4.69) is 53.6 Å². The number of benzene rings is 1. The Morgan fingerprint density at radius 2 is 1.64 bits per heavy atom. The van der Waals surface area contributed by atoms with Crippen molar-refractivity contribution < 1.29 is 42.5 Å². The van der Waals surface area contributed by atoms with Crippen molar-refractivity contribution in [3.63, 3.8) is 0 Å². The number of hydrogen-bond acceptors (Lipinski definition) is 9. The number of likely N-dealkylation sites (N-methyl/N-ethyl adjacent to an activating group) is 1. The topological polar surface area (TPSA) is 156 Å². The van der Waals surface area contributed by atoms with Gasteiger partial charge >= 0.3 is 5.97 Å². The van der Waals surface area contributed by atoms with Crippen LogP contribution in [0.3, 0.4) is 0 Å². The van der Waals surface area contributed by atoms with Crippen LogP contribution in [-0.2, 0) is 38.2 Å². The van der Waals surface area contributed by atoms with Gasteiger partial charge in [0.25, 0.3) is 0 Å². The first kappa shape index (κ1) is 47.5. The minimum atomic E-state index is -0.678. The fourth-order valence-electron chi connectivity index (χ4n) is 6.82. The summed E-state index contributed by atoms with van der Waals surface area (Å²) < 4.78 is 16.2. The molecule has 2 aliphatic rings. The molecule has 53 heavy (non-hydrogen) atoms. The Bertz CT molecular complexity index is 1280. The lowest BCUT2D eigenvalue weighted by Gasteiger charge is -2.39. The highest BCUT2D eigenvalue weighted by Crippen LogP contribution is 2.29. The van der Waals surface area contributed by atoms with Crippen LogP contribution < -0.4 is 16.0 Å². The predicted octanol–water partition coefficient (Wildman–Crippen LogP) is 4.60. The average Bonchev–Trinajstić information content (AvgIpc) is 3.83. The number of carbonyl (C=O) groups is 5. The van der Waals surface area contributed by atoms with E-state index in [4.69, 9.17) is 9.47 Å². The molecule has 4 amide bonds. The van der Waals surface area contributed by atoms with Crippen molar-refractivity contribution in [3.8, 4) is 0 Å². The fraction of sp³-hybridized carbons (Fsp3) is 0.725. The molecule has 3 N–H and O–H groups in total. The van der Waals surface area contributed by atoms with E-state index in [0.29, 0.717) is 19.4 Å². The normalized spacial score (nSPS) is 20.6. The minimum absolute atomic E-state index is 0. The van der Waals surface area contributed by atoms with E-state index in [1.807, 2.05) is 39.0 Å². The van der Waals surface area contributed by atoms with E-state index in [-0.39, 0.29) is 59.4 Å². The Hall–Kier alpha value is -3.55. The number of hydrogen-bond donors (Lipinski definition) is 3. The Balaban J connectivity index is -0.00000189. The minimum Gasteiger partial charge on any atom is -0.468 e. The lowest BCUT2D eigenvalue weighted by molar-refractivity contribution is -0.146. The molecule has 1 aromatic rings. The molecule has 1 aromatic carbocycles. The second-order valence-corrected chi connectivity index (χ2v) is 14.3. The van der Waals surface area contributed by atoms with Gasteiger partial charge in [0.1, 0.15) is 6.54 Å². The number of amides is 4. The maximum Gasteiger partial charge on any atom is 0.325 e. The van der Waals surface area contributed by atoms with Crippen molar-refractivity contribution in [2.24, 2.45) is 11.8 Å². The molecule has 308 valence electrons. The molecule has 0 aromatic heterocycles. The molecular formula is C40H75N5O8. The number of likely N-dealkylation sites (tertiary alicyclic amines) is 1. The van der Waals surface area contributed by atoms with Crippen LogP contribution in [0.15, 0.2) is 30.3 Å². The number of esters is 1. The largest absolute Gasteiger partial charge is 0.468 e. The molecule has 0 spiro atoms. The number of nitrogens with one attached hydrogen (secondary N) is 3. The van der Waals surface area contributed by atoms with Crippen molar-refractivity contribution in [2.45, 2.75) is 123 Å². The summed E-state index contributed by atoms with van der Waals surface area (Å²) in [4.78, 5) is 67.3. The summed E-state index contributed by atoms with van der Waals surface area (Å²) in [5, 5.41) is 8.55. The van der Waals surface area contributed by atoms with Crippen LogP contribution in [0.2, 0.25) is 0 Å². The molecule has 0 bridgehead atoms. The highest BCUT2D eigenvalue weighted by atomic mass is 16.5. The van der Waals surface area contributed by atoms with Gasteiger partial charge in [-0.2, -0.15) is 0 Å². The number of methoxy groups -OCH3 is 3. The first-order valence-electron chi connectivity index (χ1n) is 19.2. The Labute approximate surface area is 323 Å². The second-order valence-electron chi connectivity index (χ2n) is 14.3. The molecule has 3 rings (SSSR count). The number of rotatable bonds is 16. The Morgan fingerprint density at radius 1 is 1.00 bits per heavy atom. The van der Waals surface area contributed by atoms with Gasteiger partial charge in [-0.1, -0.05) is 83.4 Å². The van der Waals surface area contributed by atoms with Crippen LogP contribution in [0, 0.1) is 18.8 Å². The second kappa shape index (κ2) is 24.7. The van der Waals surface area contributed by atoms with Crippen LogP contribution in [0.5, 0.6) is 0 Å². The van der Waals surface area contributed by atoms with E-state index in [1.54, 1.807) is 23.8 Å². The van der Waals surface area contributed by atoms with Crippen LogP contribution in [0.4, 0.5) is 0 Å².